The van der Waals surface area contributed by atoms with Gasteiger partial charge in [0.25, 0.3) is 5.69 Å². The maximum absolute atomic E-state index is 12.6. The van der Waals surface area contributed by atoms with Crippen molar-refractivity contribution < 1.29 is 18.1 Å². The molecule has 138 valence electrons. The van der Waals surface area contributed by atoms with Gasteiger partial charge in [0.15, 0.2) is 0 Å². The molecule has 9 heteroatoms. The molecule has 1 aliphatic rings. The molecule has 1 fully saturated rings. The van der Waals surface area contributed by atoms with Crippen molar-refractivity contribution in [3.63, 3.8) is 0 Å². The minimum Gasteiger partial charge on any atom is -0.340 e. The average molecular weight is 369 g/mol. The molecule has 2 rings (SSSR count). The van der Waals surface area contributed by atoms with Gasteiger partial charge in [0.2, 0.25) is 15.9 Å². The molecule has 1 saturated heterocycles. The lowest BCUT2D eigenvalue weighted by Crippen LogP contribution is -2.51. The van der Waals surface area contributed by atoms with Crippen LogP contribution in [0.2, 0.25) is 0 Å². The Kier molecular flexibility index (Phi) is 6.12. The van der Waals surface area contributed by atoms with Crippen molar-refractivity contribution in [3.05, 3.63) is 34.4 Å². The van der Waals surface area contributed by atoms with E-state index in [2.05, 4.69) is 0 Å². The first-order chi connectivity index (χ1) is 11.8. The molecule has 1 aromatic carbocycles. The monoisotopic (exact) mass is 369 g/mol. The molecule has 0 bridgehead atoms. The van der Waals surface area contributed by atoms with Gasteiger partial charge in [-0.05, 0) is 25.0 Å². The smallest absolute Gasteiger partial charge is 0.269 e. The van der Waals surface area contributed by atoms with Gasteiger partial charge < -0.3 is 4.90 Å². The van der Waals surface area contributed by atoms with Gasteiger partial charge in [-0.2, -0.15) is 4.31 Å². The van der Waals surface area contributed by atoms with Gasteiger partial charge in [-0.25, -0.2) is 8.42 Å². The van der Waals surface area contributed by atoms with Crippen molar-refractivity contribution in [3.8, 4) is 0 Å². The second kappa shape index (κ2) is 7.92. The molecule has 0 aliphatic carbocycles. The molecule has 0 atom stereocenters. The van der Waals surface area contributed by atoms with E-state index in [4.69, 9.17) is 0 Å². The molecule has 25 heavy (non-hydrogen) atoms. The van der Waals surface area contributed by atoms with E-state index in [0.717, 1.165) is 12.8 Å². The Morgan fingerprint density at radius 2 is 1.64 bits per heavy atom. The van der Waals surface area contributed by atoms with Crippen LogP contribution in [0.25, 0.3) is 0 Å². The largest absolute Gasteiger partial charge is 0.340 e. The number of benzene rings is 1. The first-order valence-electron chi connectivity index (χ1n) is 8.34. The zero-order chi connectivity index (χ0) is 18.6. The van der Waals surface area contributed by atoms with E-state index >= 15 is 0 Å². The van der Waals surface area contributed by atoms with Gasteiger partial charge in [0, 0.05) is 44.2 Å². The van der Waals surface area contributed by atoms with Crippen LogP contribution in [-0.4, -0.2) is 54.6 Å². The van der Waals surface area contributed by atoms with Crippen molar-refractivity contribution in [1.82, 2.24) is 9.21 Å². The van der Waals surface area contributed by atoms with Gasteiger partial charge >= 0.3 is 0 Å². The molecular formula is C16H23N3O5S. The van der Waals surface area contributed by atoms with Gasteiger partial charge in [0.05, 0.1) is 9.82 Å². The molecule has 1 aromatic rings. The Balaban J connectivity index is 2.06. The van der Waals surface area contributed by atoms with Gasteiger partial charge in [-0.15, -0.1) is 0 Å². The lowest BCUT2D eigenvalue weighted by molar-refractivity contribution is -0.384. The zero-order valence-corrected chi connectivity index (χ0v) is 15.2. The summed E-state index contributed by atoms with van der Waals surface area (Å²) in [4.78, 5) is 24.2. The summed E-state index contributed by atoms with van der Waals surface area (Å²) >= 11 is 0. The molecule has 0 saturated carbocycles. The predicted octanol–water partition coefficient (Wildman–Crippen LogP) is 1.86. The number of amides is 1. The standard InChI is InChI=1S/C16H23N3O5S/c1-3-13(4-2)16(20)17-9-11-18(12-10-17)25(23,24)15-7-5-14(6-8-15)19(21)22/h5-8,13H,3-4,9-12H2,1-2H3. The Bertz CT molecular complexity index is 721. The number of carbonyl (C=O) groups is 1. The third kappa shape index (κ3) is 4.16. The molecule has 0 radical (unpaired) electrons. The number of hydrogen-bond acceptors (Lipinski definition) is 5. The van der Waals surface area contributed by atoms with E-state index in [0.29, 0.717) is 13.1 Å². The third-order valence-electron chi connectivity index (χ3n) is 4.57. The lowest BCUT2D eigenvalue weighted by atomic mass is 10.0. The fourth-order valence-electron chi connectivity index (χ4n) is 2.93. The molecule has 1 amide bonds. The summed E-state index contributed by atoms with van der Waals surface area (Å²) in [5.74, 6) is 0.0650. The summed E-state index contributed by atoms with van der Waals surface area (Å²) < 4.78 is 26.6. The Hall–Kier alpha value is -2.00. The van der Waals surface area contributed by atoms with Gasteiger partial charge in [-0.1, -0.05) is 13.8 Å². The van der Waals surface area contributed by atoms with E-state index in [1.165, 1.54) is 28.6 Å². The van der Waals surface area contributed by atoms with Gasteiger partial charge in [0.1, 0.15) is 0 Å². The Morgan fingerprint density at radius 1 is 1.12 bits per heavy atom. The van der Waals surface area contributed by atoms with E-state index in [-0.39, 0.29) is 35.5 Å². The number of piperazine rings is 1. The van der Waals surface area contributed by atoms with Crippen molar-refractivity contribution in [2.75, 3.05) is 26.2 Å². The summed E-state index contributed by atoms with van der Waals surface area (Å²) in [5, 5.41) is 10.7. The van der Waals surface area contributed by atoms with Crippen LogP contribution in [0.3, 0.4) is 0 Å². The maximum Gasteiger partial charge on any atom is 0.269 e. The second-order valence-electron chi connectivity index (χ2n) is 5.99. The summed E-state index contributed by atoms with van der Waals surface area (Å²) in [6.07, 6.45) is 1.55. The fraction of sp³-hybridized carbons (Fsp3) is 0.562. The highest BCUT2D eigenvalue weighted by Crippen LogP contribution is 2.21. The zero-order valence-electron chi connectivity index (χ0n) is 14.4. The minimum absolute atomic E-state index is 0.0159. The van der Waals surface area contributed by atoms with Crippen LogP contribution in [0.5, 0.6) is 0 Å². The predicted molar refractivity (Wildman–Crippen MR) is 92.5 cm³/mol. The number of rotatable bonds is 6. The number of sulfonamides is 1. The summed E-state index contributed by atoms with van der Waals surface area (Å²) in [6.45, 7) is 5.13. The Morgan fingerprint density at radius 3 is 2.08 bits per heavy atom. The molecule has 0 spiro atoms. The van der Waals surface area contributed by atoms with Gasteiger partial charge in [-0.3, -0.25) is 14.9 Å². The Labute approximate surface area is 147 Å². The highest BCUT2D eigenvalue weighted by Gasteiger charge is 2.31. The molecule has 1 heterocycles. The van der Waals surface area contributed by atoms with Crippen LogP contribution in [0.1, 0.15) is 26.7 Å². The number of carbonyl (C=O) groups excluding carboxylic acids is 1. The van der Waals surface area contributed by atoms with Crippen LogP contribution in [0, 0.1) is 16.0 Å². The van der Waals surface area contributed by atoms with Crippen LogP contribution in [0.4, 0.5) is 5.69 Å². The van der Waals surface area contributed by atoms with Crippen LogP contribution >= 0.6 is 0 Å². The van der Waals surface area contributed by atoms with E-state index < -0.39 is 14.9 Å². The number of nitro groups is 1. The van der Waals surface area contributed by atoms with Crippen molar-refractivity contribution in [1.29, 1.82) is 0 Å². The number of non-ortho nitro benzene ring substituents is 1. The second-order valence-corrected chi connectivity index (χ2v) is 7.93. The minimum atomic E-state index is -3.71. The molecule has 0 aromatic heterocycles. The fourth-order valence-corrected chi connectivity index (χ4v) is 4.36. The molecule has 8 nitrogen and oxygen atoms in total. The quantitative estimate of drug-likeness (QED) is 0.563. The summed E-state index contributed by atoms with van der Waals surface area (Å²) in [6, 6.07) is 4.85. The molecule has 0 N–H and O–H groups in total. The topological polar surface area (TPSA) is 101 Å². The van der Waals surface area contributed by atoms with E-state index in [1.807, 2.05) is 13.8 Å². The van der Waals surface area contributed by atoms with E-state index in [9.17, 15) is 23.3 Å². The highest BCUT2D eigenvalue weighted by molar-refractivity contribution is 7.89. The normalized spacial score (nSPS) is 16.2. The van der Waals surface area contributed by atoms with Crippen LogP contribution in [0.15, 0.2) is 29.2 Å². The summed E-state index contributed by atoms with van der Waals surface area (Å²) in [7, 11) is -3.71. The number of nitro benzene ring substituents is 1. The summed E-state index contributed by atoms with van der Waals surface area (Å²) in [5.41, 5.74) is -0.153. The first kappa shape index (κ1) is 19.3. The lowest BCUT2D eigenvalue weighted by Gasteiger charge is -2.35. The van der Waals surface area contributed by atoms with Crippen LogP contribution in [-0.2, 0) is 14.8 Å². The molecule has 1 aliphatic heterocycles. The molecular weight excluding hydrogens is 346 g/mol. The van der Waals surface area contributed by atoms with Crippen molar-refractivity contribution in [2.24, 2.45) is 5.92 Å². The number of hydrogen-bond donors (Lipinski definition) is 0. The molecule has 0 unspecified atom stereocenters. The number of nitrogens with zero attached hydrogens (tertiary/aromatic N) is 3. The van der Waals surface area contributed by atoms with E-state index in [1.54, 1.807) is 4.90 Å². The highest BCUT2D eigenvalue weighted by atomic mass is 32.2. The maximum atomic E-state index is 12.6. The third-order valence-corrected chi connectivity index (χ3v) is 6.48. The van der Waals surface area contributed by atoms with Crippen LogP contribution < -0.4 is 0 Å². The average Bonchev–Trinajstić information content (AvgIpc) is 2.62. The van der Waals surface area contributed by atoms with Crippen molar-refractivity contribution in [2.45, 2.75) is 31.6 Å². The van der Waals surface area contributed by atoms with Crippen molar-refractivity contribution >= 4 is 21.6 Å². The first-order valence-corrected chi connectivity index (χ1v) is 9.78. The SMILES string of the molecule is CCC(CC)C(=O)N1CCN(S(=O)(=O)c2ccc([N+](=O)[O-])cc2)CC1.